The van der Waals surface area contributed by atoms with E-state index in [-0.39, 0.29) is 60.3 Å². The summed E-state index contributed by atoms with van der Waals surface area (Å²) >= 11 is 6.22. The van der Waals surface area contributed by atoms with E-state index in [1.807, 2.05) is 0 Å². The SMILES string of the molecule is C[C@@H]1Oc2cc(S(=O)(=O)N3CCN(C(=O)COc4ccc(F)cc4)CC3)c(Cl)cc2NC1=O. The number of ether oxygens (including phenoxy) is 2. The molecule has 2 aliphatic rings. The molecule has 0 bridgehead atoms. The van der Waals surface area contributed by atoms with Crippen molar-refractivity contribution in [1.82, 2.24) is 9.21 Å². The van der Waals surface area contributed by atoms with Crippen LogP contribution in [0.3, 0.4) is 0 Å². The third-order valence-electron chi connectivity index (χ3n) is 5.35. The lowest BCUT2D eigenvalue weighted by atomic mass is 10.2. The van der Waals surface area contributed by atoms with Crippen LogP contribution in [0.1, 0.15) is 6.92 Å². The maximum absolute atomic E-state index is 13.2. The number of anilines is 1. The summed E-state index contributed by atoms with van der Waals surface area (Å²) in [4.78, 5) is 25.6. The van der Waals surface area contributed by atoms with Crippen molar-refractivity contribution in [2.45, 2.75) is 17.9 Å². The van der Waals surface area contributed by atoms with E-state index in [9.17, 15) is 22.4 Å². The van der Waals surface area contributed by atoms with Crippen LogP contribution in [-0.2, 0) is 19.6 Å². The van der Waals surface area contributed by atoms with Gasteiger partial charge in [0.25, 0.3) is 11.8 Å². The molecule has 0 saturated carbocycles. The number of rotatable bonds is 5. The van der Waals surface area contributed by atoms with E-state index in [2.05, 4.69) is 5.32 Å². The lowest BCUT2D eigenvalue weighted by Crippen LogP contribution is -2.51. The molecule has 2 aromatic carbocycles. The predicted molar refractivity (Wildman–Crippen MR) is 117 cm³/mol. The summed E-state index contributed by atoms with van der Waals surface area (Å²) in [6.45, 7) is 1.82. The van der Waals surface area contributed by atoms with E-state index in [0.29, 0.717) is 11.4 Å². The topological polar surface area (TPSA) is 105 Å². The molecule has 2 amide bonds. The molecule has 0 aliphatic carbocycles. The average molecular weight is 498 g/mol. The Hall–Kier alpha value is -2.89. The molecule has 0 unspecified atom stereocenters. The summed E-state index contributed by atoms with van der Waals surface area (Å²) in [6.07, 6.45) is -0.763. The number of amides is 2. The van der Waals surface area contributed by atoms with Crippen LogP contribution in [0.5, 0.6) is 11.5 Å². The number of nitrogens with zero attached hydrogens (tertiary/aromatic N) is 2. The first kappa shape index (κ1) is 23.3. The van der Waals surface area contributed by atoms with Crippen molar-refractivity contribution in [3.8, 4) is 11.5 Å². The Bertz CT molecular complexity index is 1180. The fraction of sp³-hybridized carbons (Fsp3) is 0.333. The molecular weight excluding hydrogens is 477 g/mol. The van der Waals surface area contributed by atoms with Crippen LogP contribution in [0, 0.1) is 5.82 Å². The number of fused-ring (bicyclic) bond motifs is 1. The number of sulfonamides is 1. The van der Waals surface area contributed by atoms with Crippen molar-refractivity contribution in [1.29, 1.82) is 0 Å². The summed E-state index contributed by atoms with van der Waals surface area (Å²) in [5.41, 5.74) is 0.304. The number of hydrogen-bond acceptors (Lipinski definition) is 6. The quantitative estimate of drug-likeness (QED) is 0.678. The second-order valence-electron chi connectivity index (χ2n) is 7.56. The zero-order valence-corrected chi connectivity index (χ0v) is 19.2. The smallest absolute Gasteiger partial charge is 0.265 e. The second-order valence-corrected chi connectivity index (χ2v) is 9.87. The molecule has 2 aliphatic heterocycles. The Kier molecular flexibility index (Phi) is 6.46. The number of nitrogens with one attached hydrogen (secondary N) is 1. The first-order chi connectivity index (χ1) is 15.6. The maximum atomic E-state index is 13.2. The highest BCUT2D eigenvalue weighted by Crippen LogP contribution is 2.38. The molecule has 176 valence electrons. The fourth-order valence-corrected chi connectivity index (χ4v) is 5.43. The summed E-state index contributed by atoms with van der Waals surface area (Å²) in [5.74, 6) is -0.479. The first-order valence-corrected chi connectivity index (χ1v) is 11.9. The Balaban J connectivity index is 1.40. The molecule has 2 aromatic rings. The van der Waals surface area contributed by atoms with Crippen molar-refractivity contribution in [3.05, 3.63) is 47.2 Å². The second kappa shape index (κ2) is 9.16. The van der Waals surface area contributed by atoms with Crippen LogP contribution in [0.25, 0.3) is 0 Å². The molecule has 0 spiro atoms. The zero-order valence-electron chi connectivity index (χ0n) is 17.6. The Morgan fingerprint density at radius 1 is 1.21 bits per heavy atom. The standard InChI is InChI=1S/C21H21ClFN3O6S/c1-13-21(28)24-17-10-16(22)19(11-18(17)32-13)33(29,30)26-8-6-25(7-9-26)20(27)12-31-15-4-2-14(23)3-5-15/h2-5,10-11,13H,6-9,12H2,1H3,(H,24,28)/t13-/m0/s1. The number of piperazine rings is 1. The van der Waals surface area contributed by atoms with E-state index < -0.39 is 21.9 Å². The largest absolute Gasteiger partial charge is 0.484 e. The van der Waals surface area contributed by atoms with E-state index in [1.54, 1.807) is 6.92 Å². The van der Waals surface area contributed by atoms with Gasteiger partial charge in [-0.1, -0.05) is 11.6 Å². The van der Waals surface area contributed by atoms with Crippen molar-refractivity contribution < 1.29 is 31.9 Å². The van der Waals surface area contributed by atoms with Crippen LogP contribution in [0.2, 0.25) is 5.02 Å². The summed E-state index contributed by atoms with van der Waals surface area (Å²) in [5, 5.41) is 2.58. The molecule has 12 heteroatoms. The maximum Gasteiger partial charge on any atom is 0.265 e. The number of benzene rings is 2. The van der Waals surface area contributed by atoms with E-state index in [4.69, 9.17) is 21.1 Å². The minimum Gasteiger partial charge on any atom is -0.484 e. The summed E-state index contributed by atoms with van der Waals surface area (Å²) in [6, 6.07) is 7.96. The molecule has 0 radical (unpaired) electrons. The van der Waals surface area contributed by atoms with Crippen LogP contribution in [-0.4, -0.2) is 68.3 Å². The van der Waals surface area contributed by atoms with E-state index >= 15 is 0 Å². The van der Waals surface area contributed by atoms with E-state index in [1.165, 1.54) is 45.6 Å². The summed E-state index contributed by atoms with van der Waals surface area (Å²) < 4.78 is 51.5. The van der Waals surface area contributed by atoms with Gasteiger partial charge in [0.2, 0.25) is 10.0 Å². The van der Waals surface area contributed by atoms with Crippen LogP contribution >= 0.6 is 11.6 Å². The molecule has 1 fully saturated rings. The fourth-order valence-electron chi connectivity index (χ4n) is 3.49. The van der Waals surface area contributed by atoms with Crippen LogP contribution in [0.15, 0.2) is 41.3 Å². The van der Waals surface area contributed by atoms with Gasteiger partial charge in [-0.15, -0.1) is 0 Å². The van der Waals surface area contributed by atoms with Gasteiger partial charge in [-0.3, -0.25) is 9.59 Å². The van der Waals surface area contributed by atoms with Crippen molar-refractivity contribution in [2.24, 2.45) is 0 Å². The molecule has 1 saturated heterocycles. The number of carbonyl (C=O) groups is 2. The highest BCUT2D eigenvalue weighted by molar-refractivity contribution is 7.89. The van der Waals surface area contributed by atoms with Gasteiger partial charge >= 0.3 is 0 Å². The van der Waals surface area contributed by atoms with Gasteiger partial charge in [-0.25, -0.2) is 12.8 Å². The molecule has 1 N–H and O–H groups in total. The number of carbonyl (C=O) groups excluding carboxylic acids is 2. The third kappa shape index (κ3) is 4.90. The molecule has 1 atom stereocenters. The lowest BCUT2D eigenvalue weighted by molar-refractivity contribution is -0.134. The highest BCUT2D eigenvalue weighted by Gasteiger charge is 2.34. The van der Waals surface area contributed by atoms with E-state index in [0.717, 1.165) is 0 Å². The molecule has 33 heavy (non-hydrogen) atoms. The van der Waals surface area contributed by atoms with Gasteiger partial charge < -0.3 is 19.7 Å². The van der Waals surface area contributed by atoms with Gasteiger partial charge in [0.15, 0.2) is 12.7 Å². The van der Waals surface area contributed by atoms with Gasteiger partial charge in [-0.2, -0.15) is 4.31 Å². The lowest BCUT2D eigenvalue weighted by Gasteiger charge is -2.34. The molecule has 2 heterocycles. The van der Waals surface area contributed by atoms with Gasteiger partial charge in [-0.05, 0) is 37.3 Å². The van der Waals surface area contributed by atoms with Gasteiger partial charge in [0.1, 0.15) is 22.2 Å². The monoisotopic (exact) mass is 497 g/mol. The average Bonchev–Trinajstić information content (AvgIpc) is 2.79. The number of hydrogen-bond donors (Lipinski definition) is 1. The first-order valence-electron chi connectivity index (χ1n) is 10.1. The minimum atomic E-state index is -3.96. The molecule has 0 aromatic heterocycles. The molecular formula is C21H21ClFN3O6S. The number of halogens is 2. The Labute approximate surface area is 195 Å². The highest BCUT2D eigenvalue weighted by atomic mass is 35.5. The zero-order chi connectivity index (χ0) is 23.8. The Morgan fingerprint density at radius 3 is 2.55 bits per heavy atom. The predicted octanol–water partition coefficient (Wildman–Crippen LogP) is 2.11. The van der Waals surface area contributed by atoms with Gasteiger partial charge in [0.05, 0.1) is 10.7 Å². The van der Waals surface area contributed by atoms with Gasteiger partial charge in [0, 0.05) is 32.2 Å². The molecule has 9 nitrogen and oxygen atoms in total. The third-order valence-corrected chi connectivity index (χ3v) is 7.71. The van der Waals surface area contributed by atoms with Crippen LogP contribution < -0.4 is 14.8 Å². The van der Waals surface area contributed by atoms with Crippen LogP contribution in [0.4, 0.5) is 10.1 Å². The summed E-state index contributed by atoms with van der Waals surface area (Å²) in [7, 11) is -3.96. The normalized spacial score (nSPS) is 18.8. The van der Waals surface area contributed by atoms with Crippen molar-refractivity contribution >= 4 is 39.1 Å². The Morgan fingerprint density at radius 2 is 1.88 bits per heavy atom. The van der Waals surface area contributed by atoms with Crippen molar-refractivity contribution in [2.75, 3.05) is 38.1 Å². The molecule has 4 rings (SSSR count). The minimum absolute atomic E-state index is 0.0431. The van der Waals surface area contributed by atoms with Crippen molar-refractivity contribution in [3.63, 3.8) is 0 Å².